The van der Waals surface area contributed by atoms with E-state index < -0.39 is 5.91 Å². The van der Waals surface area contributed by atoms with Crippen molar-refractivity contribution in [1.82, 2.24) is 5.73 Å². The van der Waals surface area contributed by atoms with Gasteiger partial charge in [-0.1, -0.05) is 49.4 Å². The lowest BCUT2D eigenvalue weighted by atomic mass is 9.78. The summed E-state index contributed by atoms with van der Waals surface area (Å²) in [6, 6.07) is 6.22. The molecule has 22 heavy (non-hydrogen) atoms. The molecule has 1 aromatic rings. The second-order valence-corrected chi connectivity index (χ2v) is 6.27. The molecule has 1 N–H and O–H groups in total. The Bertz CT molecular complexity index is 790. The van der Waals surface area contributed by atoms with Crippen molar-refractivity contribution in [2.75, 3.05) is 0 Å². The van der Waals surface area contributed by atoms with Crippen molar-refractivity contribution in [3.05, 3.63) is 69.8 Å². The summed E-state index contributed by atoms with van der Waals surface area (Å²) >= 11 is 0. The minimum atomic E-state index is -0.620. The Morgan fingerprint density at radius 3 is 2.73 bits per heavy atom. The standard InChI is InChI=1S/C20H20NO/c1-11-8-15-6-5-7-16(17(15)9-11)19-14(4)13(3)12(2)10-18(19)20(21)22/h5-7,9-10,12,21H,3,8H2,1-2,4H3. The number of hydrogen-bond acceptors (Lipinski definition) is 1. The number of carbonyl (C=O) groups is 1. The Labute approximate surface area is 131 Å². The summed E-state index contributed by atoms with van der Waals surface area (Å²) in [5.74, 6) is -0.521. The monoisotopic (exact) mass is 290 g/mol. The van der Waals surface area contributed by atoms with E-state index >= 15 is 0 Å². The molecule has 2 heteroatoms. The molecule has 0 saturated carbocycles. The Morgan fingerprint density at radius 1 is 1.32 bits per heavy atom. The summed E-state index contributed by atoms with van der Waals surface area (Å²) in [6.07, 6.45) is 5.03. The maximum Gasteiger partial charge on any atom is 0.270 e. The van der Waals surface area contributed by atoms with E-state index in [0.717, 1.165) is 28.7 Å². The van der Waals surface area contributed by atoms with E-state index in [2.05, 4.69) is 25.6 Å². The van der Waals surface area contributed by atoms with Gasteiger partial charge in [-0.25, -0.2) is 0 Å². The topological polar surface area (TPSA) is 40.9 Å². The van der Waals surface area contributed by atoms with E-state index in [1.54, 1.807) is 0 Å². The quantitative estimate of drug-likeness (QED) is 0.797. The number of rotatable bonds is 2. The van der Waals surface area contributed by atoms with E-state index in [-0.39, 0.29) is 5.92 Å². The van der Waals surface area contributed by atoms with Gasteiger partial charge in [-0.05, 0) is 59.6 Å². The third-order valence-electron chi connectivity index (χ3n) is 4.66. The lowest BCUT2D eigenvalue weighted by molar-refractivity contribution is -0.114. The molecule has 3 rings (SSSR count). The van der Waals surface area contributed by atoms with Crippen molar-refractivity contribution in [2.45, 2.75) is 27.2 Å². The Kier molecular flexibility index (Phi) is 3.40. The van der Waals surface area contributed by atoms with Crippen LogP contribution in [0, 0.1) is 5.92 Å². The van der Waals surface area contributed by atoms with Gasteiger partial charge in [0.05, 0.1) is 0 Å². The van der Waals surface area contributed by atoms with Crippen molar-refractivity contribution in [1.29, 1.82) is 0 Å². The van der Waals surface area contributed by atoms with E-state index in [9.17, 15) is 4.79 Å². The molecule has 0 spiro atoms. The van der Waals surface area contributed by atoms with Crippen LogP contribution in [0.15, 0.2) is 53.1 Å². The van der Waals surface area contributed by atoms with E-state index in [1.165, 1.54) is 16.7 Å². The molecule has 2 aliphatic carbocycles. The third kappa shape index (κ3) is 2.16. The predicted octanol–water partition coefficient (Wildman–Crippen LogP) is 4.36. The molecule has 2 nitrogen and oxygen atoms in total. The highest BCUT2D eigenvalue weighted by Gasteiger charge is 2.27. The predicted molar refractivity (Wildman–Crippen MR) is 90.9 cm³/mol. The number of benzene rings is 1. The van der Waals surface area contributed by atoms with E-state index in [0.29, 0.717) is 5.57 Å². The molecule has 0 aliphatic heterocycles. The fraction of sp³-hybridized carbons (Fsp3) is 0.250. The second-order valence-electron chi connectivity index (χ2n) is 6.27. The van der Waals surface area contributed by atoms with Crippen LogP contribution < -0.4 is 5.73 Å². The van der Waals surface area contributed by atoms with Gasteiger partial charge in [0.1, 0.15) is 0 Å². The third-order valence-corrected chi connectivity index (χ3v) is 4.66. The molecular weight excluding hydrogens is 270 g/mol. The molecule has 0 saturated heterocycles. The van der Waals surface area contributed by atoms with Gasteiger partial charge >= 0.3 is 0 Å². The number of amides is 1. The van der Waals surface area contributed by atoms with Crippen LogP contribution in [-0.4, -0.2) is 5.91 Å². The van der Waals surface area contributed by atoms with Gasteiger partial charge in [0.25, 0.3) is 5.91 Å². The molecule has 0 bridgehead atoms. The summed E-state index contributed by atoms with van der Waals surface area (Å²) in [6.45, 7) is 10.3. The first-order chi connectivity index (χ1) is 10.4. The Morgan fingerprint density at radius 2 is 2.05 bits per heavy atom. The molecule has 2 aliphatic rings. The highest BCUT2D eigenvalue weighted by atomic mass is 16.1. The first-order valence-electron chi connectivity index (χ1n) is 7.57. The summed E-state index contributed by atoms with van der Waals surface area (Å²) < 4.78 is 0. The van der Waals surface area contributed by atoms with Crippen LogP contribution >= 0.6 is 0 Å². The minimum absolute atomic E-state index is 0.0992. The average molecular weight is 290 g/mol. The highest BCUT2D eigenvalue weighted by molar-refractivity contribution is 6.11. The smallest absolute Gasteiger partial charge is 0.267 e. The van der Waals surface area contributed by atoms with Crippen molar-refractivity contribution < 1.29 is 4.79 Å². The van der Waals surface area contributed by atoms with Crippen LogP contribution in [0.1, 0.15) is 37.5 Å². The van der Waals surface area contributed by atoms with Crippen molar-refractivity contribution >= 4 is 17.6 Å². The SMILES string of the molecule is C=C1C(C)=C(c2cccc3c2C=C(C)C3)C(C([NH])=O)=CC1C. The Balaban J connectivity index is 2.27. The van der Waals surface area contributed by atoms with Crippen LogP contribution in [0.3, 0.4) is 0 Å². The van der Waals surface area contributed by atoms with Crippen molar-refractivity contribution in [2.24, 2.45) is 5.92 Å². The number of fused-ring (bicyclic) bond motifs is 1. The van der Waals surface area contributed by atoms with Crippen LogP contribution in [0.4, 0.5) is 0 Å². The normalized spacial score (nSPS) is 20.7. The van der Waals surface area contributed by atoms with Gasteiger partial charge in [0.15, 0.2) is 0 Å². The fourth-order valence-corrected chi connectivity index (χ4v) is 3.43. The second kappa shape index (κ2) is 5.13. The van der Waals surface area contributed by atoms with Crippen LogP contribution in [0.25, 0.3) is 11.6 Å². The molecule has 1 aromatic carbocycles. The maximum absolute atomic E-state index is 11.9. The molecule has 1 amide bonds. The number of nitrogens with one attached hydrogen (secondary N) is 1. The van der Waals surface area contributed by atoms with Crippen LogP contribution in [0.2, 0.25) is 0 Å². The van der Waals surface area contributed by atoms with Crippen LogP contribution in [-0.2, 0) is 11.2 Å². The van der Waals surface area contributed by atoms with E-state index in [4.69, 9.17) is 5.73 Å². The fourth-order valence-electron chi connectivity index (χ4n) is 3.43. The molecule has 0 heterocycles. The van der Waals surface area contributed by atoms with Gasteiger partial charge < -0.3 is 0 Å². The molecule has 1 atom stereocenters. The highest BCUT2D eigenvalue weighted by Crippen LogP contribution is 2.41. The van der Waals surface area contributed by atoms with Crippen LogP contribution in [0.5, 0.6) is 0 Å². The zero-order valence-electron chi connectivity index (χ0n) is 13.3. The molecule has 1 radical (unpaired) electrons. The maximum atomic E-state index is 11.9. The average Bonchev–Trinajstić information content (AvgIpc) is 2.84. The molecule has 0 aromatic heterocycles. The number of allylic oxidation sites excluding steroid dienone is 4. The van der Waals surface area contributed by atoms with Gasteiger partial charge in [0.2, 0.25) is 0 Å². The molecule has 1 unspecified atom stereocenters. The zero-order valence-corrected chi connectivity index (χ0v) is 13.3. The first kappa shape index (κ1) is 14.6. The summed E-state index contributed by atoms with van der Waals surface area (Å²) in [4.78, 5) is 11.9. The minimum Gasteiger partial charge on any atom is -0.267 e. The van der Waals surface area contributed by atoms with Crippen molar-refractivity contribution in [3.8, 4) is 0 Å². The lowest BCUT2D eigenvalue weighted by Gasteiger charge is -2.25. The summed E-state index contributed by atoms with van der Waals surface area (Å²) in [5, 5.41) is 0. The number of carbonyl (C=O) groups excluding carboxylic acids is 1. The zero-order chi connectivity index (χ0) is 16.0. The van der Waals surface area contributed by atoms with E-state index in [1.807, 2.05) is 32.1 Å². The lowest BCUT2D eigenvalue weighted by Crippen LogP contribution is -2.15. The van der Waals surface area contributed by atoms with Gasteiger partial charge in [-0.3, -0.25) is 10.5 Å². The van der Waals surface area contributed by atoms with Crippen molar-refractivity contribution in [3.63, 3.8) is 0 Å². The summed E-state index contributed by atoms with van der Waals surface area (Å²) in [5.41, 5.74) is 15.9. The van der Waals surface area contributed by atoms with Gasteiger partial charge in [-0.15, -0.1) is 0 Å². The first-order valence-corrected chi connectivity index (χ1v) is 7.57. The molecular formula is C20H20NO. The largest absolute Gasteiger partial charge is 0.270 e. The van der Waals surface area contributed by atoms with Gasteiger partial charge in [-0.2, -0.15) is 0 Å². The Hall–Kier alpha value is -2.35. The van der Waals surface area contributed by atoms with Gasteiger partial charge in [0, 0.05) is 5.57 Å². The number of hydrogen-bond donors (Lipinski definition) is 0. The molecule has 111 valence electrons. The summed E-state index contributed by atoms with van der Waals surface area (Å²) in [7, 11) is 0. The molecule has 0 fully saturated rings.